The van der Waals surface area contributed by atoms with Gasteiger partial charge in [-0.05, 0) is 0 Å². The van der Waals surface area contributed by atoms with Gasteiger partial charge in [0, 0.05) is 18.9 Å². The minimum absolute atomic E-state index is 0.295. The predicted octanol–water partition coefficient (Wildman–Crippen LogP) is 0.818. The van der Waals surface area contributed by atoms with E-state index in [1.54, 1.807) is 13.1 Å². The zero-order valence-corrected chi connectivity index (χ0v) is 6.45. The molecule has 0 aliphatic rings. The molecule has 0 radical (unpaired) electrons. The normalized spacial score (nSPS) is 13.2. The monoisotopic (exact) mass is 156 g/mol. The molecule has 2 N–H and O–H groups in total. The molecule has 0 aliphatic carbocycles. The van der Waals surface area contributed by atoms with Crippen LogP contribution < -0.4 is 0 Å². The molecule has 0 saturated carbocycles. The zero-order valence-electron chi connectivity index (χ0n) is 6.45. The molecule has 4 heteroatoms. The molecule has 11 heavy (non-hydrogen) atoms. The first kappa shape index (κ1) is 9.81. The standard InChI is InChI=1S/C7H12N2O2/c1-6(7(10)11)5-9-4-2-3-8/h3-4,6,8H,2,5H2,1H3,(H,10,11). The van der Waals surface area contributed by atoms with Gasteiger partial charge < -0.3 is 10.5 Å². The van der Waals surface area contributed by atoms with E-state index in [0.717, 1.165) is 0 Å². The Kier molecular flexibility index (Phi) is 4.98. The summed E-state index contributed by atoms with van der Waals surface area (Å²) in [6, 6.07) is 0. The van der Waals surface area contributed by atoms with Gasteiger partial charge in [0.2, 0.25) is 0 Å². The van der Waals surface area contributed by atoms with Crippen LogP contribution >= 0.6 is 0 Å². The van der Waals surface area contributed by atoms with Crippen LogP contribution in [0.3, 0.4) is 0 Å². The first-order valence-corrected chi connectivity index (χ1v) is 3.38. The number of carboxylic acids is 1. The molecule has 0 bridgehead atoms. The fourth-order valence-electron chi connectivity index (χ4n) is 0.438. The maximum Gasteiger partial charge on any atom is 0.308 e. The van der Waals surface area contributed by atoms with E-state index < -0.39 is 11.9 Å². The van der Waals surface area contributed by atoms with E-state index in [1.165, 1.54) is 6.21 Å². The van der Waals surface area contributed by atoms with Crippen molar-refractivity contribution in [1.82, 2.24) is 0 Å². The topological polar surface area (TPSA) is 73.5 Å². The number of aliphatic carboxylic acids is 1. The number of nitrogens with zero attached hydrogens (tertiary/aromatic N) is 1. The number of hydrogen-bond donors (Lipinski definition) is 2. The van der Waals surface area contributed by atoms with Gasteiger partial charge in [-0.1, -0.05) is 6.92 Å². The second-order valence-corrected chi connectivity index (χ2v) is 2.23. The molecule has 1 unspecified atom stereocenters. The minimum Gasteiger partial charge on any atom is -0.481 e. The fraction of sp³-hybridized carbons (Fsp3) is 0.571. The molecule has 4 nitrogen and oxygen atoms in total. The van der Waals surface area contributed by atoms with Crippen LogP contribution in [0.2, 0.25) is 0 Å². The third-order valence-electron chi connectivity index (χ3n) is 1.15. The quantitative estimate of drug-likeness (QED) is 0.578. The van der Waals surface area contributed by atoms with Crippen LogP contribution in [0.25, 0.3) is 0 Å². The Balaban J connectivity index is 3.52. The van der Waals surface area contributed by atoms with Crippen LogP contribution in [0.15, 0.2) is 4.99 Å². The lowest BCUT2D eigenvalue weighted by Crippen LogP contribution is -2.12. The Labute approximate surface area is 65.5 Å². The number of nitrogens with one attached hydrogen (secondary N) is 1. The van der Waals surface area contributed by atoms with Crippen molar-refractivity contribution in [2.24, 2.45) is 10.9 Å². The fourth-order valence-corrected chi connectivity index (χ4v) is 0.438. The highest BCUT2D eigenvalue weighted by molar-refractivity contribution is 5.77. The summed E-state index contributed by atoms with van der Waals surface area (Å²) in [5, 5.41) is 15.1. The van der Waals surface area contributed by atoms with Crippen LogP contribution in [0.1, 0.15) is 13.3 Å². The summed E-state index contributed by atoms with van der Waals surface area (Å²) in [5.74, 6) is -1.27. The molecule has 0 aromatic carbocycles. The van der Waals surface area contributed by atoms with E-state index in [0.29, 0.717) is 13.0 Å². The van der Waals surface area contributed by atoms with Gasteiger partial charge >= 0.3 is 5.97 Å². The lowest BCUT2D eigenvalue weighted by atomic mass is 10.2. The van der Waals surface area contributed by atoms with Gasteiger partial charge in [-0.25, -0.2) is 0 Å². The van der Waals surface area contributed by atoms with E-state index in [4.69, 9.17) is 10.5 Å². The summed E-state index contributed by atoms with van der Waals surface area (Å²) >= 11 is 0. The first-order valence-electron chi connectivity index (χ1n) is 3.38. The van der Waals surface area contributed by atoms with Crippen molar-refractivity contribution < 1.29 is 9.90 Å². The van der Waals surface area contributed by atoms with Gasteiger partial charge in [-0.3, -0.25) is 9.79 Å². The summed E-state index contributed by atoms with van der Waals surface area (Å²) in [4.78, 5) is 14.1. The molecule has 62 valence electrons. The van der Waals surface area contributed by atoms with Crippen LogP contribution in [0.4, 0.5) is 0 Å². The van der Waals surface area contributed by atoms with Gasteiger partial charge in [0.25, 0.3) is 0 Å². The summed E-state index contributed by atoms with van der Waals surface area (Å²) in [6.07, 6.45) is 3.24. The van der Waals surface area contributed by atoms with Gasteiger partial charge in [-0.2, -0.15) is 0 Å². The molecule has 0 amide bonds. The highest BCUT2D eigenvalue weighted by atomic mass is 16.4. The lowest BCUT2D eigenvalue weighted by molar-refractivity contribution is -0.140. The summed E-state index contributed by atoms with van der Waals surface area (Å²) in [7, 11) is 0. The molecule has 0 aliphatic heterocycles. The average molecular weight is 156 g/mol. The number of carboxylic acid groups (broad SMARTS) is 1. The van der Waals surface area contributed by atoms with Crippen molar-refractivity contribution in [2.45, 2.75) is 13.3 Å². The number of rotatable bonds is 5. The third-order valence-corrected chi connectivity index (χ3v) is 1.15. The third kappa shape index (κ3) is 5.26. The van der Waals surface area contributed by atoms with Gasteiger partial charge in [0.15, 0.2) is 0 Å². The van der Waals surface area contributed by atoms with Gasteiger partial charge in [-0.15, -0.1) is 0 Å². The highest BCUT2D eigenvalue weighted by Crippen LogP contribution is 1.93. The maximum absolute atomic E-state index is 10.2. The van der Waals surface area contributed by atoms with E-state index in [9.17, 15) is 4.79 Å². The molecule has 0 saturated heterocycles. The van der Waals surface area contributed by atoms with E-state index in [2.05, 4.69) is 4.99 Å². The summed E-state index contributed by atoms with van der Waals surface area (Å²) in [6.45, 7) is 1.90. The molecule has 0 heterocycles. The van der Waals surface area contributed by atoms with Crippen molar-refractivity contribution in [3.05, 3.63) is 0 Å². The molecular formula is C7H12N2O2. The lowest BCUT2D eigenvalue weighted by Gasteiger charge is -1.98. The molecule has 1 atom stereocenters. The largest absolute Gasteiger partial charge is 0.481 e. The SMILES string of the molecule is CC(CN=CCC=N)C(=O)O. The Morgan fingerprint density at radius 3 is 2.91 bits per heavy atom. The van der Waals surface area contributed by atoms with Crippen LogP contribution in [0, 0.1) is 11.3 Å². The van der Waals surface area contributed by atoms with Crippen LogP contribution in [0.5, 0.6) is 0 Å². The zero-order chi connectivity index (χ0) is 8.69. The number of aliphatic imine (C=N–C) groups is 1. The molecule has 0 rings (SSSR count). The Morgan fingerprint density at radius 2 is 2.45 bits per heavy atom. The van der Waals surface area contributed by atoms with Crippen LogP contribution in [-0.4, -0.2) is 30.0 Å². The number of hydrogen-bond acceptors (Lipinski definition) is 3. The van der Waals surface area contributed by atoms with E-state index >= 15 is 0 Å². The van der Waals surface area contributed by atoms with Gasteiger partial charge in [0.1, 0.15) is 0 Å². The highest BCUT2D eigenvalue weighted by Gasteiger charge is 2.07. The first-order chi connectivity index (χ1) is 5.18. The van der Waals surface area contributed by atoms with Crippen LogP contribution in [-0.2, 0) is 4.79 Å². The van der Waals surface area contributed by atoms with Crippen molar-refractivity contribution in [3.8, 4) is 0 Å². The molecule has 0 aromatic heterocycles. The molecule has 0 fully saturated rings. The Bertz CT molecular complexity index is 166. The average Bonchev–Trinajstić information content (AvgIpc) is 1.97. The van der Waals surface area contributed by atoms with E-state index in [1.807, 2.05) is 0 Å². The summed E-state index contributed by atoms with van der Waals surface area (Å²) in [5.41, 5.74) is 0. The molecular weight excluding hydrogens is 144 g/mol. The Morgan fingerprint density at radius 1 is 1.82 bits per heavy atom. The van der Waals surface area contributed by atoms with Crippen molar-refractivity contribution in [2.75, 3.05) is 6.54 Å². The minimum atomic E-state index is -0.836. The second-order valence-electron chi connectivity index (χ2n) is 2.23. The second kappa shape index (κ2) is 5.58. The Hall–Kier alpha value is -1.19. The van der Waals surface area contributed by atoms with Crippen molar-refractivity contribution >= 4 is 18.4 Å². The summed E-state index contributed by atoms with van der Waals surface area (Å²) < 4.78 is 0. The van der Waals surface area contributed by atoms with Crippen molar-refractivity contribution in [1.29, 1.82) is 5.41 Å². The number of carbonyl (C=O) groups is 1. The van der Waals surface area contributed by atoms with E-state index in [-0.39, 0.29) is 0 Å². The van der Waals surface area contributed by atoms with Gasteiger partial charge in [0.05, 0.1) is 12.5 Å². The molecule has 0 aromatic rings. The predicted molar refractivity (Wildman–Crippen MR) is 43.6 cm³/mol. The smallest absolute Gasteiger partial charge is 0.308 e. The maximum atomic E-state index is 10.2. The molecule has 0 spiro atoms. The van der Waals surface area contributed by atoms with Crippen molar-refractivity contribution in [3.63, 3.8) is 0 Å².